The summed E-state index contributed by atoms with van der Waals surface area (Å²) in [7, 11) is 3.36. The fourth-order valence-corrected chi connectivity index (χ4v) is 3.62. The summed E-state index contributed by atoms with van der Waals surface area (Å²) in [6, 6.07) is 15.6. The first-order valence-electron chi connectivity index (χ1n) is 8.91. The van der Waals surface area contributed by atoms with Crippen LogP contribution in [0.5, 0.6) is 5.75 Å². The van der Waals surface area contributed by atoms with E-state index in [4.69, 9.17) is 9.26 Å². The minimum absolute atomic E-state index is 0.00905. The van der Waals surface area contributed by atoms with Crippen LogP contribution in [0.1, 0.15) is 18.4 Å². The molecule has 1 aromatic heterocycles. The van der Waals surface area contributed by atoms with Crippen LogP contribution in [-0.2, 0) is 11.3 Å². The third-order valence-electron chi connectivity index (χ3n) is 4.25. The van der Waals surface area contributed by atoms with Gasteiger partial charge in [-0.3, -0.25) is 4.79 Å². The molecule has 0 saturated heterocycles. The second kappa shape index (κ2) is 8.93. The summed E-state index contributed by atoms with van der Waals surface area (Å²) in [5.74, 6) is 1.66. The van der Waals surface area contributed by atoms with E-state index in [1.807, 2.05) is 62.4 Å². The topological polar surface area (TPSA) is 68.5 Å². The molecule has 1 unspecified atom stereocenters. The van der Waals surface area contributed by atoms with Gasteiger partial charge in [-0.05, 0) is 50.2 Å². The zero-order valence-electron chi connectivity index (χ0n) is 16.4. The number of ether oxygens (including phenoxy) is 1. The summed E-state index contributed by atoms with van der Waals surface area (Å²) in [6.07, 6.45) is 0. The van der Waals surface area contributed by atoms with Crippen molar-refractivity contribution in [1.29, 1.82) is 0 Å². The maximum Gasteiger partial charge on any atom is 0.246 e. The van der Waals surface area contributed by atoms with E-state index in [1.54, 1.807) is 19.1 Å². The van der Waals surface area contributed by atoms with Crippen molar-refractivity contribution in [2.75, 3.05) is 14.2 Å². The van der Waals surface area contributed by atoms with Crippen LogP contribution in [0.2, 0.25) is 0 Å². The van der Waals surface area contributed by atoms with Crippen LogP contribution >= 0.6 is 11.8 Å². The zero-order chi connectivity index (χ0) is 20.1. The van der Waals surface area contributed by atoms with Gasteiger partial charge >= 0.3 is 0 Å². The smallest absolute Gasteiger partial charge is 0.246 e. The van der Waals surface area contributed by atoms with E-state index in [1.165, 1.54) is 17.3 Å². The molecular formula is C21H23N3O3S. The minimum atomic E-state index is -0.211. The number of carbonyl (C=O) groups excluding carboxylic acids is 1. The van der Waals surface area contributed by atoms with Crippen molar-refractivity contribution >= 4 is 17.7 Å². The van der Waals surface area contributed by atoms with Crippen molar-refractivity contribution in [2.24, 2.45) is 0 Å². The first-order valence-corrected chi connectivity index (χ1v) is 9.79. The maximum atomic E-state index is 12.7. The van der Waals surface area contributed by atoms with Gasteiger partial charge in [-0.15, -0.1) is 11.8 Å². The summed E-state index contributed by atoms with van der Waals surface area (Å²) in [4.78, 5) is 19.7. The van der Waals surface area contributed by atoms with Gasteiger partial charge in [0.15, 0.2) is 0 Å². The average Bonchev–Trinajstić information content (AvgIpc) is 3.17. The third kappa shape index (κ3) is 4.92. The molecule has 28 heavy (non-hydrogen) atoms. The second-order valence-corrected chi connectivity index (χ2v) is 7.92. The Morgan fingerprint density at radius 3 is 2.50 bits per heavy atom. The highest BCUT2D eigenvalue weighted by Crippen LogP contribution is 2.25. The Kier molecular flexibility index (Phi) is 6.36. The van der Waals surface area contributed by atoms with Gasteiger partial charge in [-0.25, -0.2) is 0 Å². The molecule has 146 valence electrons. The summed E-state index contributed by atoms with van der Waals surface area (Å²) in [6.45, 7) is 4.21. The molecule has 6 nitrogen and oxygen atoms in total. The third-order valence-corrected chi connectivity index (χ3v) is 5.35. The maximum absolute atomic E-state index is 12.7. The number of rotatable bonds is 7. The van der Waals surface area contributed by atoms with E-state index in [0.717, 1.165) is 16.2 Å². The number of thioether (sulfide) groups is 1. The number of hydrogen-bond donors (Lipinski definition) is 0. The molecule has 1 atom stereocenters. The van der Waals surface area contributed by atoms with Gasteiger partial charge in [0.2, 0.25) is 17.6 Å². The Morgan fingerprint density at radius 1 is 1.18 bits per heavy atom. The quantitative estimate of drug-likeness (QED) is 0.557. The Hall–Kier alpha value is -2.80. The van der Waals surface area contributed by atoms with Crippen LogP contribution in [0.3, 0.4) is 0 Å². The monoisotopic (exact) mass is 397 g/mol. The van der Waals surface area contributed by atoms with Gasteiger partial charge in [-0.2, -0.15) is 4.98 Å². The summed E-state index contributed by atoms with van der Waals surface area (Å²) >= 11 is 1.54. The number of aromatic nitrogens is 2. The van der Waals surface area contributed by atoms with Gasteiger partial charge < -0.3 is 14.2 Å². The lowest BCUT2D eigenvalue weighted by Crippen LogP contribution is -2.32. The predicted octanol–water partition coefficient (Wildman–Crippen LogP) is 4.19. The number of aryl methyl sites for hydroxylation is 1. The molecular weight excluding hydrogens is 374 g/mol. The highest BCUT2D eigenvalue weighted by molar-refractivity contribution is 8.00. The van der Waals surface area contributed by atoms with E-state index in [0.29, 0.717) is 11.7 Å². The van der Waals surface area contributed by atoms with Crippen molar-refractivity contribution in [3.63, 3.8) is 0 Å². The van der Waals surface area contributed by atoms with Crippen molar-refractivity contribution in [3.05, 3.63) is 60.0 Å². The molecule has 3 aromatic rings. The van der Waals surface area contributed by atoms with Crippen LogP contribution in [0.4, 0.5) is 0 Å². The van der Waals surface area contributed by atoms with Gasteiger partial charge in [0.25, 0.3) is 0 Å². The highest BCUT2D eigenvalue weighted by Gasteiger charge is 2.21. The largest absolute Gasteiger partial charge is 0.497 e. The Labute approximate surface area is 168 Å². The fourth-order valence-electron chi connectivity index (χ4n) is 2.64. The molecule has 0 saturated carbocycles. The molecule has 3 rings (SSSR count). The molecule has 2 aromatic carbocycles. The molecule has 1 amide bonds. The number of nitrogens with zero attached hydrogens (tertiary/aromatic N) is 3. The number of benzene rings is 2. The Morgan fingerprint density at radius 2 is 1.86 bits per heavy atom. The van der Waals surface area contributed by atoms with Crippen LogP contribution in [0.25, 0.3) is 11.4 Å². The molecule has 7 heteroatoms. The molecule has 0 aliphatic heterocycles. The van der Waals surface area contributed by atoms with Crippen molar-refractivity contribution in [2.45, 2.75) is 30.5 Å². The number of hydrogen-bond acceptors (Lipinski definition) is 6. The summed E-state index contributed by atoms with van der Waals surface area (Å²) in [5, 5.41) is 3.79. The molecule has 0 bridgehead atoms. The standard InChI is InChI=1S/C21H23N3O3S/c1-14-5-11-18(12-6-14)28-15(2)21(25)24(3)13-19-22-20(23-27-19)16-7-9-17(26-4)10-8-16/h5-12,15H,13H2,1-4H3. The van der Waals surface area contributed by atoms with E-state index < -0.39 is 0 Å². The normalized spacial score (nSPS) is 11.9. The second-order valence-electron chi connectivity index (χ2n) is 6.51. The van der Waals surface area contributed by atoms with Gasteiger partial charge in [0.05, 0.1) is 18.9 Å². The number of carbonyl (C=O) groups is 1. The minimum Gasteiger partial charge on any atom is -0.497 e. The van der Waals surface area contributed by atoms with Crippen LogP contribution in [-0.4, -0.2) is 40.4 Å². The lowest BCUT2D eigenvalue weighted by molar-refractivity contribution is -0.129. The molecule has 0 N–H and O–H groups in total. The lowest BCUT2D eigenvalue weighted by atomic mass is 10.2. The predicted molar refractivity (Wildman–Crippen MR) is 109 cm³/mol. The molecule has 0 spiro atoms. The van der Waals surface area contributed by atoms with Gasteiger partial charge in [-0.1, -0.05) is 22.9 Å². The van der Waals surface area contributed by atoms with Gasteiger partial charge in [0.1, 0.15) is 5.75 Å². The van der Waals surface area contributed by atoms with Crippen molar-refractivity contribution in [1.82, 2.24) is 15.0 Å². The lowest BCUT2D eigenvalue weighted by Gasteiger charge is -2.19. The first-order chi connectivity index (χ1) is 13.5. The molecule has 0 aliphatic rings. The summed E-state index contributed by atoms with van der Waals surface area (Å²) in [5.41, 5.74) is 2.03. The SMILES string of the molecule is COc1ccc(-c2noc(CN(C)C(=O)C(C)Sc3ccc(C)cc3)n2)cc1. The molecule has 1 heterocycles. The van der Waals surface area contributed by atoms with Gasteiger partial charge in [0, 0.05) is 17.5 Å². The van der Waals surface area contributed by atoms with Crippen LogP contribution < -0.4 is 4.74 Å². The Balaban J connectivity index is 1.60. The number of methoxy groups -OCH3 is 1. The van der Waals surface area contributed by atoms with E-state index in [-0.39, 0.29) is 17.7 Å². The fraction of sp³-hybridized carbons (Fsp3) is 0.286. The average molecular weight is 398 g/mol. The van der Waals surface area contributed by atoms with Crippen LogP contribution in [0, 0.1) is 6.92 Å². The van der Waals surface area contributed by atoms with E-state index in [2.05, 4.69) is 10.1 Å². The summed E-state index contributed by atoms with van der Waals surface area (Å²) < 4.78 is 10.5. The van der Waals surface area contributed by atoms with Crippen molar-refractivity contribution < 1.29 is 14.1 Å². The van der Waals surface area contributed by atoms with Crippen LogP contribution in [0.15, 0.2) is 57.9 Å². The number of amides is 1. The zero-order valence-corrected chi connectivity index (χ0v) is 17.2. The molecule has 0 fully saturated rings. The molecule has 0 aliphatic carbocycles. The first kappa shape index (κ1) is 19.9. The van der Waals surface area contributed by atoms with E-state index >= 15 is 0 Å². The van der Waals surface area contributed by atoms with Crippen molar-refractivity contribution in [3.8, 4) is 17.1 Å². The van der Waals surface area contributed by atoms with E-state index in [9.17, 15) is 4.79 Å². The molecule has 0 radical (unpaired) electrons. The Bertz CT molecular complexity index is 923. The highest BCUT2D eigenvalue weighted by atomic mass is 32.2.